The molecule has 0 rings (SSSR count). The zero-order valence-corrected chi connectivity index (χ0v) is 23.6. The molecule has 16 N–H and O–H groups in total. The van der Waals surface area contributed by atoms with Crippen LogP contribution in [0.1, 0.15) is 19.3 Å². The Bertz CT molecular complexity index is 1190. The van der Waals surface area contributed by atoms with Gasteiger partial charge >= 0.3 is 5.97 Å². The first kappa shape index (κ1) is 39.1. The summed E-state index contributed by atoms with van der Waals surface area (Å²) in [6, 6.07) is -4.96. The van der Waals surface area contributed by atoms with Crippen LogP contribution in [-0.2, 0) is 52.7 Å². The molecular formula is C22H35N11O12. The summed E-state index contributed by atoms with van der Waals surface area (Å²) in [5, 5.41) is 23.5. The Morgan fingerprint density at radius 2 is 0.822 bits per heavy atom. The highest BCUT2D eigenvalue weighted by Gasteiger charge is 2.29. The average molecular weight is 646 g/mol. The van der Waals surface area contributed by atoms with Crippen molar-refractivity contribution in [3.05, 3.63) is 0 Å². The van der Waals surface area contributed by atoms with Crippen LogP contribution < -0.4 is 60.2 Å². The molecule has 250 valence electrons. The number of carbonyl (C=O) groups excluding carboxylic acids is 10. The predicted octanol–water partition coefficient (Wildman–Crippen LogP) is -9.42. The molecule has 0 aliphatic carbocycles. The number of carboxylic acids is 1. The third-order valence-corrected chi connectivity index (χ3v) is 5.08. The first-order valence-electron chi connectivity index (χ1n) is 12.7. The molecule has 23 heteroatoms. The largest absolute Gasteiger partial charge is 0.480 e. The number of nitrogens with two attached hydrogens (primary N) is 4. The highest BCUT2D eigenvalue weighted by Crippen LogP contribution is 1.98. The maximum absolute atomic E-state index is 12.7. The number of nitrogens with one attached hydrogen (secondary N) is 7. The smallest absolute Gasteiger partial charge is 0.326 e. The second kappa shape index (κ2) is 20.1. The molecule has 0 aromatic heterocycles. The van der Waals surface area contributed by atoms with Crippen molar-refractivity contribution < 1.29 is 57.8 Å². The summed E-state index contributed by atoms with van der Waals surface area (Å²) < 4.78 is 0. The van der Waals surface area contributed by atoms with E-state index >= 15 is 0 Å². The molecule has 0 aliphatic heterocycles. The van der Waals surface area contributed by atoms with Crippen molar-refractivity contribution >= 4 is 65.0 Å². The van der Waals surface area contributed by atoms with E-state index in [9.17, 15) is 52.7 Å². The molecule has 0 aliphatic rings. The fraction of sp³-hybridized carbons (Fsp3) is 0.500. The highest BCUT2D eigenvalue weighted by molar-refractivity contribution is 5.98. The number of carboxylic acid groups (broad SMARTS) is 1. The Morgan fingerprint density at radius 3 is 1.24 bits per heavy atom. The molecule has 45 heavy (non-hydrogen) atoms. The topological polar surface area (TPSA) is 396 Å². The van der Waals surface area contributed by atoms with Crippen molar-refractivity contribution in [3.8, 4) is 0 Å². The molecule has 0 spiro atoms. The Hall–Kier alpha value is -5.87. The molecule has 23 nitrogen and oxygen atoms in total. The van der Waals surface area contributed by atoms with E-state index < -0.39 is 135 Å². The number of hydrogen-bond acceptors (Lipinski definition) is 12. The van der Waals surface area contributed by atoms with E-state index in [2.05, 4.69) is 31.9 Å². The van der Waals surface area contributed by atoms with Crippen molar-refractivity contribution in [2.24, 2.45) is 22.9 Å². The highest BCUT2D eigenvalue weighted by atomic mass is 16.4. The summed E-state index contributed by atoms with van der Waals surface area (Å²) in [7, 11) is 0. The van der Waals surface area contributed by atoms with Crippen LogP contribution in [0, 0.1) is 0 Å². The second-order valence-electron chi connectivity index (χ2n) is 8.90. The molecule has 0 radical (unpaired) electrons. The minimum atomic E-state index is -1.70. The van der Waals surface area contributed by atoms with Crippen LogP contribution >= 0.6 is 0 Å². The quantitative estimate of drug-likeness (QED) is 0.0552. The van der Waals surface area contributed by atoms with Crippen LogP contribution in [0.3, 0.4) is 0 Å². The average Bonchev–Trinajstić information content (AvgIpc) is 2.94. The van der Waals surface area contributed by atoms with E-state index in [-0.39, 0.29) is 0 Å². The van der Waals surface area contributed by atoms with Crippen molar-refractivity contribution in [3.63, 3.8) is 0 Å². The molecule has 0 unspecified atom stereocenters. The molecule has 0 aromatic carbocycles. The van der Waals surface area contributed by atoms with E-state index in [0.717, 1.165) is 0 Å². The molecule has 0 bridgehead atoms. The maximum Gasteiger partial charge on any atom is 0.326 e. The van der Waals surface area contributed by atoms with Gasteiger partial charge in [-0.25, -0.2) is 4.79 Å². The predicted molar refractivity (Wildman–Crippen MR) is 146 cm³/mol. The fourth-order valence-corrected chi connectivity index (χ4v) is 3.01. The third kappa shape index (κ3) is 18.3. The van der Waals surface area contributed by atoms with Gasteiger partial charge in [-0.2, -0.15) is 0 Å². The van der Waals surface area contributed by atoms with Gasteiger partial charge in [0.1, 0.15) is 18.1 Å². The Morgan fingerprint density at radius 1 is 0.467 bits per heavy atom. The zero-order valence-electron chi connectivity index (χ0n) is 23.6. The van der Waals surface area contributed by atoms with E-state index in [4.69, 9.17) is 28.0 Å². The van der Waals surface area contributed by atoms with Crippen LogP contribution in [0.25, 0.3) is 0 Å². The van der Waals surface area contributed by atoms with Gasteiger partial charge in [-0.3, -0.25) is 47.9 Å². The van der Waals surface area contributed by atoms with E-state index in [1.807, 2.05) is 5.32 Å². The van der Waals surface area contributed by atoms with Crippen molar-refractivity contribution in [1.82, 2.24) is 37.2 Å². The third-order valence-electron chi connectivity index (χ3n) is 5.08. The SMILES string of the molecule is NCC(=O)NCC(=O)N[C@@H](CC(N)=O)C(=O)N[C@@H](CC(N)=O)C(=O)NCC(=O)NCC(=O)NCC(=O)N[C@@H](CC(N)=O)C(=O)O. The maximum atomic E-state index is 12.7. The van der Waals surface area contributed by atoms with Gasteiger partial charge < -0.3 is 65.3 Å². The van der Waals surface area contributed by atoms with Crippen LogP contribution in [-0.4, -0.2) is 121 Å². The van der Waals surface area contributed by atoms with Gasteiger partial charge in [0.05, 0.1) is 52.0 Å². The molecule has 0 saturated heterocycles. The molecule has 10 amide bonds. The molecule has 3 atom stereocenters. The standard InChI is InChI=1S/C22H35N11O12/c23-4-15(37)27-7-18(40)31-10(2-13(25)35)21(43)33-9(1-12(24)34)20(42)30-6-17(39)28-5-16(38)29-8-19(41)32-11(22(44)45)3-14(26)36/h9-11H,1-8,23H2,(H2,24,34)(H2,25,35)(H2,26,36)(H,27,37)(H,28,39)(H,29,38)(H,30,42)(H,31,40)(H,32,41)(H,33,43)(H,44,45)/t9-,10-,11-/m0/s1. The lowest BCUT2D eigenvalue weighted by molar-refractivity contribution is -0.143. The number of rotatable bonds is 21. The minimum absolute atomic E-state index is 0.427. The van der Waals surface area contributed by atoms with Gasteiger partial charge in [-0.15, -0.1) is 0 Å². The first-order valence-corrected chi connectivity index (χ1v) is 12.7. The van der Waals surface area contributed by atoms with Gasteiger partial charge in [-0.1, -0.05) is 0 Å². The molecule has 0 aromatic rings. The van der Waals surface area contributed by atoms with Crippen LogP contribution in [0.4, 0.5) is 0 Å². The lowest BCUT2D eigenvalue weighted by Crippen LogP contribution is -2.57. The number of amides is 10. The Kier molecular flexibility index (Phi) is 17.5. The number of aliphatic carboxylic acids is 1. The van der Waals surface area contributed by atoms with Crippen LogP contribution in [0.2, 0.25) is 0 Å². The summed E-state index contributed by atoms with van der Waals surface area (Å²) >= 11 is 0. The number of primary amides is 3. The van der Waals surface area contributed by atoms with Crippen molar-refractivity contribution in [2.45, 2.75) is 37.4 Å². The fourth-order valence-electron chi connectivity index (χ4n) is 3.01. The van der Waals surface area contributed by atoms with Crippen molar-refractivity contribution in [2.75, 3.05) is 32.7 Å². The minimum Gasteiger partial charge on any atom is -0.480 e. The van der Waals surface area contributed by atoms with Crippen LogP contribution in [0.5, 0.6) is 0 Å². The molecule has 0 heterocycles. The number of carbonyl (C=O) groups is 11. The monoisotopic (exact) mass is 645 g/mol. The Labute approximate surface area is 253 Å². The Balaban J connectivity index is 4.98. The summed E-state index contributed by atoms with van der Waals surface area (Å²) in [6.45, 7) is -3.25. The first-order chi connectivity index (χ1) is 20.9. The van der Waals surface area contributed by atoms with Gasteiger partial charge in [-0.05, 0) is 0 Å². The molecule has 0 saturated carbocycles. The van der Waals surface area contributed by atoms with Gasteiger partial charge in [0.15, 0.2) is 0 Å². The van der Waals surface area contributed by atoms with E-state index in [1.54, 1.807) is 0 Å². The van der Waals surface area contributed by atoms with E-state index in [0.29, 0.717) is 0 Å². The molecule has 0 fully saturated rings. The lowest BCUT2D eigenvalue weighted by atomic mass is 10.1. The summed E-state index contributed by atoms with van der Waals surface area (Å²) in [5.41, 5.74) is 20.2. The lowest BCUT2D eigenvalue weighted by Gasteiger charge is -2.22. The van der Waals surface area contributed by atoms with Gasteiger partial charge in [0, 0.05) is 0 Å². The second-order valence-corrected chi connectivity index (χ2v) is 8.90. The van der Waals surface area contributed by atoms with Crippen molar-refractivity contribution in [1.29, 1.82) is 0 Å². The van der Waals surface area contributed by atoms with Crippen LogP contribution in [0.15, 0.2) is 0 Å². The molecular weight excluding hydrogens is 610 g/mol. The van der Waals surface area contributed by atoms with Gasteiger partial charge in [0.2, 0.25) is 59.1 Å². The summed E-state index contributed by atoms with van der Waals surface area (Å²) in [6.07, 6.45) is -2.22. The van der Waals surface area contributed by atoms with Gasteiger partial charge in [0.25, 0.3) is 0 Å². The normalized spacial score (nSPS) is 12.1. The zero-order chi connectivity index (χ0) is 34.7. The van der Waals surface area contributed by atoms with E-state index in [1.165, 1.54) is 0 Å². The summed E-state index contributed by atoms with van der Waals surface area (Å²) in [4.78, 5) is 129. The summed E-state index contributed by atoms with van der Waals surface area (Å²) in [5.74, 6) is -11.3. The number of hydrogen-bond donors (Lipinski definition) is 12.